The van der Waals surface area contributed by atoms with E-state index in [0.29, 0.717) is 12.1 Å². The standard InChI is InChI=1S/C12H23NO3/c1-10-11(2-7-16-10)13-12(3-6-14)4-8-15-9-5-12/h10-11,13-14H,2-9H2,1H3. The monoisotopic (exact) mass is 229 g/mol. The van der Waals surface area contributed by atoms with Crippen LogP contribution in [0.4, 0.5) is 0 Å². The quantitative estimate of drug-likeness (QED) is 0.744. The first-order valence-corrected chi connectivity index (χ1v) is 6.34. The van der Waals surface area contributed by atoms with Gasteiger partial charge in [-0.3, -0.25) is 0 Å². The maximum absolute atomic E-state index is 9.21. The Labute approximate surface area is 97.3 Å². The van der Waals surface area contributed by atoms with Crippen LogP contribution in [0.3, 0.4) is 0 Å². The van der Waals surface area contributed by atoms with Crippen LogP contribution in [0, 0.1) is 0 Å². The summed E-state index contributed by atoms with van der Waals surface area (Å²) in [5.74, 6) is 0. The van der Waals surface area contributed by atoms with E-state index in [1.54, 1.807) is 0 Å². The van der Waals surface area contributed by atoms with Crippen LogP contribution >= 0.6 is 0 Å². The largest absolute Gasteiger partial charge is 0.396 e. The zero-order chi connectivity index (χ0) is 11.4. The number of ether oxygens (including phenoxy) is 2. The van der Waals surface area contributed by atoms with Crippen molar-refractivity contribution in [3.63, 3.8) is 0 Å². The summed E-state index contributed by atoms with van der Waals surface area (Å²) in [6, 6.07) is 0.435. The Morgan fingerprint density at radius 3 is 2.62 bits per heavy atom. The van der Waals surface area contributed by atoms with Gasteiger partial charge in [0, 0.05) is 38.0 Å². The number of aliphatic hydroxyl groups is 1. The van der Waals surface area contributed by atoms with Gasteiger partial charge in [-0.25, -0.2) is 0 Å². The summed E-state index contributed by atoms with van der Waals surface area (Å²) >= 11 is 0. The number of hydrogen-bond acceptors (Lipinski definition) is 4. The second kappa shape index (κ2) is 5.45. The van der Waals surface area contributed by atoms with Crippen molar-refractivity contribution in [2.45, 2.75) is 50.3 Å². The zero-order valence-electron chi connectivity index (χ0n) is 10.1. The molecule has 2 aliphatic heterocycles. The minimum atomic E-state index is 0.0691. The fraction of sp³-hybridized carbons (Fsp3) is 1.00. The summed E-state index contributed by atoms with van der Waals surface area (Å²) in [6.07, 6.45) is 4.18. The van der Waals surface area contributed by atoms with Crippen molar-refractivity contribution in [2.75, 3.05) is 26.4 Å². The molecule has 0 aromatic rings. The van der Waals surface area contributed by atoms with Crippen LogP contribution < -0.4 is 5.32 Å². The van der Waals surface area contributed by atoms with Crippen molar-refractivity contribution in [3.8, 4) is 0 Å². The molecule has 0 spiro atoms. The Hall–Kier alpha value is -0.160. The smallest absolute Gasteiger partial charge is 0.0700 e. The van der Waals surface area contributed by atoms with E-state index in [2.05, 4.69) is 12.2 Å². The first kappa shape index (κ1) is 12.3. The Balaban J connectivity index is 1.95. The second-order valence-electron chi connectivity index (χ2n) is 4.98. The summed E-state index contributed by atoms with van der Waals surface area (Å²) in [6.45, 7) is 4.82. The molecule has 2 heterocycles. The lowest BCUT2D eigenvalue weighted by atomic mass is 9.85. The molecule has 2 saturated heterocycles. The SMILES string of the molecule is CC1OCCC1NC1(CCO)CCOCC1. The first-order chi connectivity index (χ1) is 7.76. The Kier molecular flexibility index (Phi) is 4.19. The maximum atomic E-state index is 9.21. The molecule has 94 valence electrons. The molecular formula is C12H23NO3. The highest BCUT2D eigenvalue weighted by Gasteiger charge is 2.36. The minimum Gasteiger partial charge on any atom is -0.396 e. The van der Waals surface area contributed by atoms with Crippen molar-refractivity contribution in [1.82, 2.24) is 5.32 Å². The average Bonchev–Trinajstić information content (AvgIpc) is 2.66. The fourth-order valence-corrected chi connectivity index (χ4v) is 2.76. The average molecular weight is 229 g/mol. The van der Waals surface area contributed by atoms with Crippen LogP contribution in [0.25, 0.3) is 0 Å². The highest BCUT2D eigenvalue weighted by molar-refractivity contribution is 4.95. The maximum Gasteiger partial charge on any atom is 0.0700 e. The van der Waals surface area contributed by atoms with E-state index in [9.17, 15) is 5.11 Å². The van der Waals surface area contributed by atoms with E-state index >= 15 is 0 Å². The molecule has 4 heteroatoms. The summed E-state index contributed by atoms with van der Waals surface area (Å²) in [5.41, 5.74) is 0.0691. The molecular weight excluding hydrogens is 206 g/mol. The van der Waals surface area contributed by atoms with E-state index < -0.39 is 0 Å². The van der Waals surface area contributed by atoms with Crippen LogP contribution in [0.2, 0.25) is 0 Å². The molecule has 2 unspecified atom stereocenters. The molecule has 0 aliphatic carbocycles. The van der Waals surface area contributed by atoms with Gasteiger partial charge in [0.25, 0.3) is 0 Å². The zero-order valence-corrected chi connectivity index (χ0v) is 10.1. The highest BCUT2D eigenvalue weighted by Crippen LogP contribution is 2.27. The highest BCUT2D eigenvalue weighted by atomic mass is 16.5. The molecule has 2 fully saturated rings. The molecule has 2 aliphatic rings. The number of aliphatic hydroxyl groups excluding tert-OH is 1. The topological polar surface area (TPSA) is 50.7 Å². The van der Waals surface area contributed by atoms with Crippen molar-refractivity contribution in [3.05, 3.63) is 0 Å². The van der Waals surface area contributed by atoms with Crippen LogP contribution in [-0.4, -0.2) is 49.2 Å². The van der Waals surface area contributed by atoms with Crippen LogP contribution in [-0.2, 0) is 9.47 Å². The Bertz CT molecular complexity index is 211. The molecule has 0 saturated carbocycles. The van der Waals surface area contributed by atoms with Gasteiger partial charge in [-0.15, -0.1) is 0 Å². The molecule has 2 rings (SSSR count). The van der Waals surface area contributed by atoms with E-state index in [-0.39, 0.29) is 12.1 Å². The van der Waals surface area contributed by atoms with Gasteiger partial charge >= 0.3 is 0 Å². The lowest BCUT2D eigenvalue weighted by Gasteiger charge is -2.40. The van der Waals surface area contributed by atoms with Gasteiger partial charge in [0.15, 0.2) is 0 Å². The summed E-state index contributed by atoms with van der Waals surface area (Å²) in [5, 5.41) is 12.9. The molecule has 0 amide bonds. The van der Waals surface area contributed by atoms with Gasteiger partial charge in [0.2, 0.25) is 0 Å². The Morgan fingerprint density at radius 2 is 2.06 bits per heavy atom. The normalized spacial score (nSPS) is 34.1. The van der Waals surface area contributed by atoms with Crippen LogP contribution in [0.5, 0.6) is 0 Å². The van der Waals surface area contributed by atoms with Gasteiger partial charge in [0.05, 0.1) is 6.10 Å². The van der Waals surface area contributed by atoms with E-state index in [1.807, 2.05) is 0 Å². The van der Waals surface area contributed by atoms with Gasteiger partial charge < -0.3 is 19.9 Å². The van der Waals surface area contributed by atoms with E-state index in [4.69, 9.17) is 9.47 Å². The molecule has 2 N–H and O–H groups in total. The third-order valence-corrected chi connectivity index (χ3v) is 3.91. The molecule has 4 nitrogen and oxygen atoms in total. The predicted molar refractivity (Wildman–Crippen MR) is 61.4 cm³/mol. The summed E-state index contributed by atoms with van der Waals surface area (Å²) in [4.78, 5) is 0. The summed E-state index contributed by atoms with van der Waals surface area (Å²) in [7, 11) is 0. The molecule has 16 heavy (non-hydrogen) atoms. The van der Waals surface area contributed by atoms with Crippen molar-refractivity contribution >= 4 is 0 Å². The van der Waals surface area contributed by atoms with Gasteiger partial charge in [-0.2, -0.15) is 0 Å². The third-order valence-electron chi connectivity index (χ3n) is 3.91. The molecule has 0 bridgehead atoms. The predicted octanol–water partition coefficient (Wildman–Crippen LogP) is 0.685. The van der Waals surface area contributed by atoms with Crippen molar-refractivity contribution in [1.29, 1.82) is 0 Å². The number of hydrogen-bond donors (Lipinski definition) is 2. The van der Waals surface area contributed by atoms with E-state index in [0.717, 1.165) is 45.5 Å². The molecule has 0 aromatic carbocycles. The molecule has 2 atom stereocenters. The van der Waals surface area contributed by atoms with E-state index in [1.165, 1.54) is 0 Å². The van der Waals surface area contributed by atoms with Gasteiger partial charge in [-0.05, 0) is 32.6 Å². The first-order valence-electron chi connectivity index (χ1n) is 6.34. The van der Waals surface area contributed by atoms with Crippen molar-refractivity contribution < 1.29 is 14.6 Å². The number of rotatable bonds is 4. The fourth-order valence-electron chi connectivity index (χ4n) is 2.76. The van der Waals surface area contributed by atoms with Gasteiger partial charge in [0.1, 0.15) is 0 Å². The lowest BCUT2D eigenvalue weighted by molar-refractivity contribution is 0.0160. The second-order valence-corrected chi connectivity index (χ2v) is 4.98. The summed E-state index contributed by atoms with van der Waals surface area (Å²) < 4.78 is 11.0. The lowest BCUT2D eigenvalue weighted by Crippen LogP contribution is -2.55. The number of nitrogens with one attached hydrogen (secondary N) is 1. The third kappa shape index (κ3) is 2.74. The minimum absolute atomic E-state index is 0.0691. The van der Waals surface area contributed by atoms with Gasteiger partial charge in [-0.1, -0.05) is 0 Å². The molecule has 0 aromatic heterocycles. The molecule has 0 radical (unpaired) electrons. The van der Waals surface area contributed by atoms with Crippen LogP contribution in [0.1, 0.15) is 32.6 Å². The Morgan fingerprint density at radius 1 is 1.31 bits per heavy atom. The van der Waals surface area contributed by atoms with Crippen molar-refractivity contribution in [2.24, 2.45) is 0 Å². The van der Waals surface area contributed by atoms with Crippen LogP contribution in [0.15, 0.2) is 0 Å².